The fourth-order valence-corrected chi connectivity index (χ4v) is 2.42. The molecule has 1 aromatic heterocycles. The summed E-state index contributed by atoms with van der Waals surface area (Å²) in [7, 11) is 0. The van der Waals surface area contributed by atoms with E-state index in [0.29, 0.717) is 11.7 Å². The SMILES string of the molecule is C=C1CC(C)(c2nc(C(C)(C)NC(C)=O)no2)C1. The largest absolute Gasteiger partial charge is 0.344 e. The first kappa shape index (κ1) is 12.8. The Morgan fingerprint density at radius 2 is 2.11 bits per heavy atom. The number of nitrogens with one attached hydrogen (secondary N) is 1. The topological polar surface area (TPSA) is 68.0 Å². The van der Waals surface area contributed by atoms with E-state index in [2.05, 4.69) is 29.0 Å². The quantitative estimate of drug-likeness (QED) is 0.832. The molecular formula is C13H19N3O2. The van der Waals surface area contributed by atoms with Crippen molar-refractivity contribution >= 4 is 5.91 Å². The van der Waals surface area contributed by atoms with Gasteiger partial charge < -0.3 is 9.84 Å². The van der Waals surface area contributed by atoms with Gasteiger partial charge in [0.2, 0.25) is 11.8 Å². The van der Waals surface area contributed by atoms with Crippen LogP contribution in [0.15, 0.2) is 16.7 Å². The molecule has 1 N–H and O–H groups in total. The van der Waals surface area contributed by atoms with E-state index in [0.717, 1.165) is 12.8 Å². The molecule has 0 spiro atoms. The van der Waals surface area contributed by atoms with Crippen molar-refractivity contribution in [1.82, 2.24) is 15.5 Å². The summed E-state index contributed by atoms with van der Waals surface area (Å²) < 4.78 is 5.33. The lowest BCUT2D eigenvalue weighted by molar-refractivity contribution is -0.120. The van der Waals surface area contributed by atoms with Gasteiger partial charge in [-0.2, -0.15) is 4.98 Å². The van der Waals surface area contributed by atoms with Crippen LogP contribution in [0.5, 0.6) is 0 Å². The summed E-state index contributed by atoms with van der Waals surface area (Å²) in [5.41, 5.74) is 0.498. The zero-order valence-electron chi connectivity index (χ0n) is 11.3. The van der Waals surface area contributed by atoms with Gasteiger partial charge >= 0.3 is 0 Å². The van der Waals surface area contributed by atoms with Crippen LogP contribution in [-0.4, -0.2) is 16.0 Å². The molecule has 98 valence electrons. The van der Waals surface area contributed by atoms with Crippen LogP contribution in [0.1, 0.15) is 52.3 Å². The number of carbonyl (C=O) groups is 1. The summed E-state index contributed by atoms with van der Waals surface area (Å²) in [6.07, 6.45) is 1.77. The number of hydrogen-bond donors (Lipinski definition) is 1. The molecule has 0 unspecified atom stereocenters. The normalized spacial score (nSPS) is 18.3. The van der Waals surface area contributed by atoms with Gasteiger partial charge in [0.05, 0.1) is 11.0 Å². The van der Waals surface area contributed by atoms with Crippen molar-refractivity contribution < 1.29 is 9.32 Å². The Morgan fingerprint density at radius 1 is 1.50 bits per heavy atom. The van der Waals surface area contributed by atoms with Gasteiger partial charge in [0, 0.05) is 6.92 Å². The van der Waals surface area contributed by atoms with E-state index >= 15 is 0 Å². The lowest BCUT2D eigenvalue weighted by atomic mass is 9.67. The molecule has 1 amide bonds. The van der Waals surface area contributed by atoms with Crippen LogP contribution in [0.2, 0.25) is 0 Å². The monoisotopic (exact) mass is 249 g/mol. The second-order valence-corrected chi connectivity index (χ2v) is 5.89. The van der Waals surface area contributed by atoms with E-state index in [-0.39, 0.29) is 11.3 Å². The molecule has 1 aliphatic rings. The van der Waals surface area contributed by atoms with Crippen LogP contribution in [0.4, 0.5) is 0 Å². The van der Waals surface area contributed by atoms with Gasteiger partial charge in [0.15, 0.2) is 5.82 Å². The van der Waals surface area contributed by atoms with Crippen molar-refractivity contribution in [3.8, 4) is 0 Å². The molecule has 1 aliphatic carbocycles. The van der Waals surface area contributed by atoms with Crippen LogP contribution < -0.4 is 5.32 Å². The molecule has 1 saturated carbocycles. The zero-order valence-corrected chi connectivity index (χ0v) is 11.3. The minimum absolute atomic E-state index is 0.0887. The van der Waals surface area contributed by atoms with Crippen LogP contribution in [0.3, 0.4) is 0 Å². The summed E-state index contributed by atoms with van der Waals surface area (Å²) in [4.78, 5) is 15.6. The van der Waals surface area contributed by atoms with Crippen molar-refractivity contribution in [2.24, 2.45) is 0 Å². The van der Waals surface area contributed by atoms with E-state index in [1.807, 2.05) is 13.8 Å². The van der Waals surface area contributed by atoms with Crippen LogP contribution in [0.25, 0.3) is 0 Å². The molecule has 0 radical (unpaired) electrons. The fourth-order valence-electron chi connectivity index (χ4n) is 2.42. The van der Waals surface area contributed by atoms with Crippen molar-refractivity contribution in [3.05, 3.63) is 23.9 Å². The molecule has 1 aromatic rings. The van der Waals surface area contributed by atoms with Gasteiger partial charge in [0.1, 0.15) is 0 Å². The maximum atomic E-state index is 11.1. The van der Waals surface area contributed by atoms with Gasteiger partial charge in [-0.3, -0.25) is 4.79 Å². The van der Waals surface area contributed by atoms with Crippen LogP contribution in [-0.2, 0) is 15.7 Å². The summed E-state index contributed by atoms with van der Waals surface area (Å²) in [5.74, 6) is 1.02. The molecule has 0 saturated heterocycles. The predicted molar refractivity (Wildman–Crippen MR) is 66.9 cm³/mol. The fraction of sp³-hybridized carbons (Fsp3) is 0.615. The Balaban J connectivity index is 2.20. The molecule has 1 fully saturated rings. The molecule has 0 atom stereocenters. The maximum absolute atomic E-state index is 11.1. The van der Waals surface area contributed by atoms with Gasteiger partial charge in [-0.15, -0.1) is 0 Å². The Morgan fingerprint density at radius 3 is 2.61 bits per heavy atom. The second-order valence-electron chi connectivity index (χ2n) is 5.89. The Hall–Kier alpha value is -1.65. The molecule has 18 heavy (non-hydrogen) atoms. The van der Waals surface area contributed by atoms with Crippen LogP contribution >= 0.6 is 0 Å². The standard InChI is InChI=1S/C13H19N3O2/c1-8-6-13(5,7-8)11-14-10(16-18-11)12(3,4)15-9(2)17/h1,6-7H2,2-5H3,(H,15,17). The first-order valence-electron chi connectivity index (χ1n) is 6.03. The lowest BCUT2D eigenvalue weighted by Crippen LogP contribution is -2.40. The minimum atomic E-state index is -0.620. The van der Waals surface area contributed by atoms with Gasteiger partial charge in [-0.25, -0.2) is 0 Å². The second kappa shape index (κ2) is 3.93. The zero-order chi connectivity index (χ0) is 13.6. The number of aromatic nitrogens is 2. The van der Waals surface area contributed by atoms with Crippen molar-refractivity contribution in [2.75, 3.05) is 0 Å². The average molecular weight is 249 g/mol. The number of amides is 1. The number of rotatable bonds is 3. The Labute approximate surface area is 107 Å². The van der Waals surface area contributed by atoms with Crippen molar-refractivity contribution in [3.63, 3.8) is 0 Å². The minimum Gasteiger partial charge on any atom is -0.344 e. The van der Waals surface area contributed by atoms with Crippen molar-refractivity contribution in [1.29, 1.82) is 0 Å². The Bertz CT molecular complexity index is 494. The first-order valence-corrected chi connectivity index (χ1v) is 6.03. The summed E-state index contributed by atoms with van der Waals surface area (Å²) in [5, 5.41) is 6.79. The highest BCUT2D eigenvalue weighted by molar-refractivity contribution is 5.73. The van der Waals surface area contributed by atoms with E-state index in [1.165, 1.54) is 12.5 Å². The third-order valence-electron chi connectivity index (χ3n) is 3.27. The number of nitrogens with zero attached hydrogens (tertiary/aromatic N) is 2. The number of hydrogen-bond acceptors (Lipinski definition) is 4. The molecule has 2 rings (SSSR count). The number of carbonyl (C=O) groups excluding carboxylic acids is 1. The van der Waals surface area contributed by atoms with E-state index in [9.17, 15) is 4.79 Å². The average Bonchev–Trinajstić information content (AvgIpc) is 2.62. The van der Waals surface area contributed by atoms with E-state index in [4.69, 9.17) is 4.52 Å². The summed E-state index contributed by atoms with van der Waals surface area (Å²) in [6.45, 7) is 11.2. The highest BCUT2D eigenvalue weighted by atomic mass is 16.5. The van der Waals surface area contributed by atoms with Gasteiger partial charge in [-0.1, -0.05) is 24.2 Å². The smallest absolute Gasteiger partial charge is 0.233 e. The molecular weight excluding hydrogens is 230 g/mol. The maximum Gasteiger partial charge on any atom is 0.233 e. The van der Waals surface area contributed by atoms with Gasteiger partial charge in [-0.05, 0) is 26.7 Å². The lowest BCUT2D eigenvalue weighted by Gasteiger charge is -2.36. The van der Waals surface area contributed by atoms with E-state index in [1.54, 1.807) is 0 Å². The molecule has 0 aromatic carbocycles. The summed E-state index contributed by atoms with van der Waals surface area (Å²) in [6, 6.07) is 0. The molecule has 5 heteroatoms. The molecule has 5 nitrogen and oxygen atoms in total. The molecule has 1 heterocycles. The molecule has 0 aliphatic heterocycles. The highest BCUT2D eigenvalue weighted by Crippen LogP contribution is 2.45. The van der Waals surface area contributed by atoms with Crippen LogP contribution in [0, 0.1) is 0 Å². The highest BCUT2D eigenvalue weighted by Gasteiger charge is 2.42. The first-order chi connectivity index (χ1) is 8.23. The van der Waals surface area contributed by atoms with Crippen molar-refractivity contribution in [2.45, 2.75) is 51.5 Å². The summed E-state index contributed by atoms with van der Waals surface area (Å²) >= 11 is 0. The Kier molecular flexibility index (Phi) is 2.80. The third kappa shape index (κ3) is 2.17. The predicted octanol–water partition coefficient (Wildman–Crippen LogP) is 2.05. The van der Waals surface area contributed by atoms with Gasteiger partial charge in [0.25, 0.3) is 0 Å². The van der Waals surface area contributed by atoms with E-state index < -0.39 is 5.54 Å². The molecule has 0 bridgehead atoms. The third-order valence-corrected chi connectivity index (χ3v) is 3.27. The number of allylic oxidation sites excluding steroid dienone is 1.